The zero-order chi connectivity index (χ0) is 29.7. The number of carbonyl (C=O) groups is 1. The molecule has 0 aliphatic rings. The highest BCUT2D eigenvalue weighted by atomic mass is 35.5. The van der Waals surface area contributed by atoms with Gasteiger partial charge in [0.1, 0.15) is 23.0 Å². The van der Waals surface area contributed by atoms with Gasteiger partial charge in [0, 0.05) is 15.7 Å². The standard InChI is InChI=1S/C31H21Cl3N2O5S/c32-20-5-10-23(11-6-20)40-24-12-8-22(9-13-24)35-31(37)27-19-21(33)7-18-29(27)36-42(38,39)26-16-14-25(15-17-26)41-30-4-2-1-3-28(30)34/h1-19,36H,(H,35,37). The fourth-order valence-corrected chi connectivity index (χ4v) is 5.33. The van der Waals surface area contributed by atoms with Crippen LogP contribution in [0.4, 0.5) is 11.4 Å². The highest BCUT2D eigenvalue weighted by molar-refractivity contribution is 7.92. The zero-order valence-corrected chi connectivity index (χ0v) is 24.6. The Morgan fingerprint density at radius 1 is 0.643 bits per heavy atom. The summed E-state index contributed by atoms with van der Waals surface area (Å²) in [5.74, 6) is 1.43. The number of carbonyl (C=O) groups excluding carboxylic acids is 1. The van der Waals surface area contributed by atoms with Crippen molar-refractivity contribution < 1.29 is 22.7 Å². The van der Waals surface area contributed by atoms with Gasteiger partial charge in [-0.2, -0.15) is 0 Å². The van der Waals surface area contributed by atoms with Crippen molar-refractivity contribution in [1.29, 1.82) is 0 Å². The summed E-state index contributed by atoms with van der Waals surface area (Å²) in [5, 5.41) is 4.03. The van der Waals surface area contributed by atoms with Gasteiger partial charge in [-0.25, -0.2) is 8.42 Å². The number of para-hydroxylation sites is 1. The van der Waals surface area contributed by atoms with Crippen molar-refractivity contribution in [2.45, 2.75) is 4.90 Å². The van der Waals surface area contributed by atoms with E-state index in [1.807, 2.05) is 0 Å². The molecule has 0 fully saturated rings. The Morgan fingerprint density at radius 3 is 1.88 bits per heavy atom. The van der Waals surface area contributed by atoms with E-state index in [1.54, 1.807) is 72.8 Å². The maximum absolute atomic E-state index is 13.2. The van der Waals surface area contributed by atoms with Crippen molar-refractivity contribution in [3.8, 4) is 23.0 Å². The first-order valence-corrected chi connectivity index (χ1v) is 15.0. The van der Waals surface area contributed by atoms with E-state index in [0.29, 0.717) is 38.7 Å². The molecule has 2 N–H and O–H groups in total. The number of sulfonamides is 1. The van der Waals surface area contributed by atoms with Gasteiger partial charge in [0.15, 0.2) is 0 Å². The Hall–Kier alpha value is -4.21. The molecule has 11 heteroatoms. The van der Waals surface area contributed by atoms with Gasteiger partial charge >= 0.3 is 0 Å². The topological polar surface area (TPSA) is 93.7 Å². The molecular formula is C31H21Cl3N2O5S. The molecule has 7 nitrogen and oxygen atoms in total. The second-order valence-corrected chi connectivity index (χ2v) is 11.8. The van der Waals surface area contributed by atoms with Crippen molar-refractivity contribution in [3.63, 3.8) is 0 Å². The predicted molar refractivity (Wildman–Crippen MR) is 166 cm³/mol. The molecule has 212 valence electrons. The second-order valence-electron chi connectivity index (χ2n) is 8.83. The maximum atomic E-state index is 13.2. The molecule has 0 spiro atoms. The molecule has 5 aromatic carbocycles. The summed E-state index contributed by atoms with van der Waals surface area (Å²) in [7, 11) is -4.07. The zero-order valence-electron chi connectivity index (χ0n) is 21.6. The summed E-state index contributed by atoms with van der Waals surface area (Å²) in [6, 6.07) is 30.6. The van der Waals surface area contributed by atoms with Gasteiger partial charge in [-0.15, -0.1) is 0 Å². The van der Waals surface area contributed by atoms with Crippen LogP contribution in [-0.4, -0.2) is 14.3 Å². The average Bonchev–Trinajstić information content (AvgIpc) is 2.97. The first-order chi connectivity index (χ1) is 20.2. The van der Waals surface area contributed by atoms with Crippen LogP contribution < -0.4 is 19.5 Å². The molecule has 0 saturated carbocycles. The van der Waals surface area contributed by atoms with Gasteiger partial charge in [-0.3, -0.25) is 9.52 Å². The fourth-order valence-electron chi connectivity index (χ4n) is 3.78. The number of nitrogens with one attached hydrogen (secondary N) is 2. The SMILES string of the molecule is O=C(Nc1ccc(Oc2ccc(Cl)cc2)cc1)c1cc(Cl)ccc1NS(=O)(=O)c1ccc(Oc2ccccc2Cl)cc1. The fraction of sp³-hybridized carbons (Fsp3) is 0. The van der Waals surface area contributed by atoms with Crippen LogP contribution in [0.1, 0.15) is 10.4 Å². The number of halogens is 3. The van der Waals surface area contributed by atoms with E-state index in [4.69, 9.17) is 44.3 Å². The highest BCUT2D eigenvalue weighted by Gasteiger charge is 2.20. The molecule has 1 amide bonds. The number of amides is 1. The normalized spacial score (nSPS) is 11.0. The van der Waals surface area contributed by atoms with Gasteiger partial charge in [-0.05, 0) is 103 Å². The van der Waals surface area contributed by atoms with Crippen LogP contribution in [0.5, 0.6) is 23.0 Å². The van der Waals surface area contributed by atoms with Crippen molar-refractivity contribution >= 4 is 62.1 Å². The van der Waals surface area contributed by atoms with Crippen molar-refractivity contribution in [1.82, 2.24) is 0 Å². The van der Waals surface area contributed by atoms with Crippen molar-refractivity contribution in [3.05, 3.63) is 136 Å². The lowest BCUT2D eigenvalue weighted by atomic mass is 10.1. The summed E-state index contributed by atoms with van der Waals surface area (Å²) in [5.41, 5.74) is 0.550. The van der Waals surface area contributed by atoms with Gasteiger partial charge in [0.2, 0.25) is 0 Å². The van der Waals surface area contributed by atoms with E-state index < -0.39 is 15.9 Å². The molecule has 0 atom stereocenters. The minimum atomic E-state index is -4.07. The number of ether oxygens (including phenoxy) is 2. The molecule has 5 aromatic rings. The largest absolute Gasteiger partial charge is 0.457 e. The first kappa shape index (κ1) is 29.3. The van der Waals surface area contributed by atoms with Crippen LogP contribution in [0.15, 0.2) is 120 Å². The van der Waals surface area contributed by atoms with Crippen LogP contribution in [0.25, 0.3) is 0 Å². The summed E-state index contributed by atoms with van der Waals surface area (Å²) < 4.78 is 40.4. The van der Waals surface area contributed by atoms with Gasteiger partial charge in [0.05, 0.1) is 21.2 Å². The molecule has 0 aromatic heterocycles. The quantitative estimate of drug-likeness (QED) is 0.168. The summed E-state index contributed by atoms with van der Waals surface area (Å²) in [6.07, 6.45) is 0. The predicted octanol–water partition coefficient (Wildman–Crippen LogP) is 9.28. The third kappa shape index (κ3) is 7.35. The third-order valence-corrected chi connectivity index (χ3v) is 8.01. The lowest BCUT2D eigenvalue weighted by Crippen LogP contribution is -2.18. The molecule has 0 bridgehead atoms. The Balaban J connectivity index is 1.29. The summed E-state index contributed by atoms with van der Waals surface area (Å²) in [4.78, 5) is 13.2. The number of anilines is 2. The van der Waals surface area contributed by atoms with Gasteiger partial charge < -0.3 is 14.8 Å². The van der Waals surface area contributed by atoms with Crippen LogP contribution in [0.2, 0.25) is 15.1 Å². The molecule has 0 aliphatic carbocycles. The molecular weight excluding hydrogens is 619 g/mol. The third-order valence-electron chi connectivity index (χ3n) is 5.83. The van der Waals surface area contributed by atoms with E-state index in [2.05, 4.69) is 10.0 Å². The number of rotatable bonds is 9. The number of hydrogen-bond acceptors (Lipinski definition) is 5. The molecule has 0 saturated heterocycles. The molecule has 42 heavy (non-hydrogen) atoms. The van der Waals surface area contributed by atoms with E-state index in [1.165, 1.54) is 42.5 Å². The highest BCUT2D eigenvalue weighted by Crippen LogP contribution is 2.31. The van der Waals surface area contributed by atoms with Crippen molar-refractivity contribution in [2.24, 2.45) is 0 Å². The van der Waals surface area contributed by atoms with Crippen LogP contribution in [0, 0.1) is 0 Å². The Labute approximate surface area is 257 Å². The molecule has 0 heterocycles. The monoisotopic (exact) mass is 638 g/mol. The van der Waals surface area contributed by atoms with E-state index in [9.17, 15) is 13.2 Å². The molecule has 0 radical (unpaired) electrons. The van der Waals surface area contributed by atoms with Crippen LogP contribution >= 0.6 is 34.8 Å². The minimum Gasteiger partial charge on any atom is -0.457 e. The molecule has 0 aliphatic heterocycles. The molecule has 0 unspecified atom stereocenters. The minimum absolute atomic E-state index is 0.0336. The Bertz CT molecular complexity index is 1830. The van der Waals surface area contributed by atoms with Gasteiger partial charge in [0.25, 0.3) is 15.9 Å². The smallest absolute Gasteiger partial charge is 0.261 e. The maximum Gasteiger partial charge on any atom is 0.261 e. The van der Waals surface area contributed by atoms with E-state index in [-0.39, 0.29) is 21.2 Å². The summed E-state index contributed by atoms with van der Waals surface area (Å²) >= 11 is 18.2. The first-order valence-electron chi connectivity index (χ1n) is 12.4. The molecule has 5 rings (SSSR count). The van der Waals surface area contributed by atoms with Gasteiger partial charge in [-0.1, -0.05) is 46.9 Å². The summed E-state index contributed by atoms with van der Waals surface area (Å²) in [6.45, 7) is 0. The number of benzene rings is 5. The Morgan fingerprint density at radius 2 is 1.21 bits per heavy atom. The lowest BCUT2D eigenvalue weighted by molar-refractivity contribution is 0.102. The number of hydrogen-bond donors (Lipinski definition) is 2. The van der Waals surface area contributed by atoms with Crippen molar-refractivity contribution in [2.75, 3.05) is 10.0 Å². The van der Waals surface area contributed by atoms with Crippen LogP contribution in [0.3, 0.4) is 0 Å². The van der Waals surface area contributed by atoms with Crippen LogP contribution in [-0.2, 0) is 10.0 Å². The van der Waals surface area contributed by atoms with E-state index >= 15 is 0 Å². The van der Waals surface area contributed by atoms with E-state index in [0.717, 1.165) is 0 Å². The second kappa shape index (κ2) is 12.8. The lowest BCUT2D eigenvalue weighted by Gasteiger charge is -2.14. The Kier molecular flexibility index (Phi) is 8.89. The average molecular weight is 640 g/mol.